The summed E-state index contributed by atoms with van der Waals surface area (Å²) >= 11 is 0. The van der Waals surface area contributed by atoms with Crippen molar-refractivity contribution in [1.29, 1.82) is 0 Å². The van der Waals surface area contributed by atoms with Gasteiger partial charge < -0.3 is 9.47 Å². The number of carbonyl (C=O) groups excluding carboxylic acids is 2. The van der Waals surface area contributed by atoms with Crippen LogP contribution in [0.25, 0.3) is 6.08 Å². The maximum Gasteiger partial charge on any atom is 0.343 e. The van der Waals surface area contributed by atoms with E-state index in [2.05, 4.69) is 0 Å². The van der Waals surface area contributed by atoms with Gasteiger partial charge in [0, 0.05) is 11.6 Å². The minimum atomic E-state index is -0.512. The van der Waals surface area contributed by atoms with Crippen molar-refractivity contribution >= 4 is 17.8 Å². The first kappa shape index (κ1) is 16.7. The fraction of sp³-hybridized carbons (Fsp3) is 0. The summed E-state index contributed by atoms with van der Waals surface area (Å²) in [4.78, 5) is 24.6. The molecule has 0 saturated heterocycles. The first-order valence-corrected chi connectivity index (χ1v) is 8.22. The zero-order valence-electron chi connectivity index (χ0n) is 14.0. The minimum absolute atomic E-state index is 0.0154. The SMILES string of the molecule is O=C(Oc1ccc2c(c1)O/C(=C\c1ccccc1F)C2=O)c1ccccc1. The smallest absolute Gasteiger partial charge is 0.343 e. The summed E-state index contributed by atoms with van der Waals surface area (Å²) in [5, 5.41) is 0. The highest BCUT2D eigenvalue weighted by atomic mass is 19.1. The molecule has 0 atom stereocenters. The molecule has 5 heteroatoms. The first-order chi connectivity index (χ1) is 13.1. The molecule has 0 saturated carbocycles. The van der Waals surface area contributed by atoms with Crippen molar-refractivity contribution in [2.75, 3.05) is 0 Å². The van der Waals surface area contributed by atoms with Crippen molar-refractivity contribution in [2.45, 2.75) is 0 Å². The molecule has 0 spiro atoms. The molecule has 0 aromatic heterocycles. The zero-order chi connectivity index (χ0) is 18.8. The number of ether oxygens (including phenoxy) is 2. The van der Waals surface area contributed by atoms with E-state index in [0.29, 0.717) is 11.1 Å². The largest absolute Gasteiger partial charge is 0.452 e. The molecule has 1 heterocycles. The summed E-state index contributed by atoms with van der Waals surface area (Å²) in [7, 11) is 0. The van der Waals surface area contributed by atoms with Crippen LogP contribution in [-0.4, -0.2) is 11.8 Å². The fourth-order valence-electron chi connectivity index (χ4n) is 2.70. The quantitative estimate of drug-likeness (QED) is 0.387. The lowest BCUT2D eigenvalue weighted by Crippen LogP contribution is -2.08. The molecule has 0 aliphatic carbocycles. The van der Waals surface area contributed by atoms with Crippen LogP contribution in [0.1, 0.15) is 26.3 Å². The molecular formula is C22H13FO4. The molecule has 1 aliphatic rings. The molecule has 27 heavy (non-hydrogen) atoms. The van der Waals surface area contributed by atoms with Crippen LogP contribution >= 0.6 is 0 Å². The van der Waals surface area contributed by atoms with Gasteiger partial charge in [-0.3, -0.25) is 4.79 Å². The molecule has 3 aromatic rings. The Kier molecular flexibility index (Phi) is 4.26. The number of hydrogen-bond acceptors (Lipinski definition) is 4. The average Bonchev–Trinajstić information content (AvgIpc) is 2.99. The van der Waals surface area contributed by atoms with E-state index in [1.54, 1.807) is 48.5 Å². The predicted molar refractivity (Wildman–Crippen MR) is 97.2 cm³/mol. The van der Waals surface area contributed by atoms with Crippen LogP contribution in [0.3, 0.4) is 0 Å². The van der Waals surface area contributed by atoms with Gasteiger partial charge in [-0.25, -0.2) is 9.18 Å². The lowest BCUT2D eigenvalue weighted by molar-refractivity contribution is 0.0734. The van der Waals surface area contributed by atoms with Crippen molar-refractivity contribution in [2.24, 2.45) is 0 Å². The standard InChI is InChI=1S/C22H13FO4/c23-18-9-5-4-8-15(18)12-20-21(24)17-11-10-16(13-19(17)27-20)26-22(25)14-6-2-1-3-7-14/h1-13H/b20-12-. The van der Waals surface area contributed by atoms with Gasteiger partial charge in [0.1, 0.15) is 17.3 Å². The Morgan fingerprint density at radius 3 is 2.48 bits per heavy atom. The van der Waals surface area contributed by atoms with Crippen LogP contribution < -0.4 is 9.47 Å². The Morgan fingerprint density at radius 1 is 0.963 bits per heavy atom. The highest BCUT2D eigenvalue weighted by Gasteiger charge is 2.28. The van der Waals surface area contributed by atoms with Crippen LogP contribution in [0, 0.1) is 5.82 Å². The van der Waals surface area contributed by atoms with Gasteiger partial charge in [0.2, 0.25) is 5.78 Å². The van der Waals surface area contributed by atoms with Gasteiger partial charge in [0.25, 0.3) is 0 Å². The normalized spacial score (nSPS) is 14.0. The van der Waals surface area contributed by atoms with Gasteiger partial charge in [-0.15, -0.1) is 0 Å². The Morgan fingerprint density at radius 2 is 1.70 bits per heavy atom. The molecular weight excluding hydrogens is 347 g/mol. The van der Waals surface area contributed by atoms with Crippen molar-refractivity contribution in [3.05, 3.63) is 101 Å². The summed E-state index contributed by atoms with van der Waals surface area (Å²) in [6.45, 7) is 0. The van der Waals surface area contributed by atoms with Crippen molar-refractivity contribution in [1.82, 2.24) is 0 Å². The van der Waals surface area contributed by atoms with E-state index >= 15 is 0 Å². The van der Waals surface area contributed by atoms with Gasteiger partial charge in [-0.2, -0.15) is 0 Å². The molecule has 1 aliphatic heterocycles. The number of esters is 1. The van der Waals surface area contributed by atoms with Gasteiger partial charge in [-0.1, -0.05) is 36.4 Å². The van der Waals surface area contributed by atoms with E-state index < -0.39 is 11.8 Å². The lowest BCUT2D eigenvalue weighted by Gasteiger charge is -2.05. The molecule has 132 valence electrons. The number of ketones is 1. The van der Waals surface area contributed by atoms with Gasteiger partial charge in [0.15, 0.2) is 5.76 Å². The highest BCUT2D eigenvalue weighted by molar-refractivity contribution is 6.14. The third-order valence-electron chi connectivity index (χ3n) is 4.05. The molecule has 4 rings (SSSR count). The maximum atomic E-state index is 13.8. The monoisotopic (exact) mass is 360 g/mol. The van der Waals surface area contributed by atoms with Crippen LogP contribution in [0.2, 0.25) is 0 Å². The summed E-state index contributed by atoms with van der Waals surface area (Å²) in [5.74, 6) is -0.781. The molecule has 0 radical (unpaired) electrons. The van der Waals surface area contributed by atoms with Crippen molar-refractivity contribution < 1.29 is 23.5 Å². The lowest BCUT2D eigenvalue weighted by atomic mass is 10.1. The Labute approximate surface area is 154 Å². The zero-order valence-corrected chi connectivity index (χ0v) is 14.0. The Bertz CT molecular complexity index is 1070. The van der Waals surface area contributed by atoms with Crippen LogP contribution in [0.15, 0.2) is 78.6 Å². The van der Waals surface area contributed by atoms with Gasteiger partial charge in [-0.05, 0) is 36.4 Å². The van der Waals surface area contributed by atoms with E-state index in [1.165, 1.54) is 30.3 Å². The molecule has 3 aromatic carbocycles. The number of Topliss-reactive ketones (excluding diaryl/α,β-unsaturated/α-hetero) is 1. The fourth-order valence-corrected chi connectivity index (χ4v) is 2.70. The summed E-state index contributed by atoms with van der Waals surface area (Å²) in [5.41, 5.74) is 0.997. The number of benzene rings is 3. The summed E-state index contributed by atoms with van der Waals surface area (Å²) in [6, 6.07) is 19.2. The molecule has 0 bridgehead atoms. The van der Waals surface area contributed by atoms with Crippen LogP contribution in [-0.2, 0) is 0 Å². The number of hydrogen-bond donors (Lipinski definition) is 0. The number of rotatable bonds is 3. The Hall–Kier alpha value is -3.73. The molecule has 0 amide bonds. The summed E-state index contributed by atoms with van der Waals surface area (Å²) in [6.07, 6.45) is 1.35. The second-order valence-electron chi connectivity index (χ2n) is 5.87. The van der Waals surface area contributed by atoms with E-state index in [4.69, 9.17) is 9.47 Å². The average molecular weight is 360 g/mol. The number of carbonyl (C=O) groups is 2. The first-order valence-electron chi connectivity index (χ1n) is 8.22. The summed E-state index contributed by atoms with van der Waals surface area (Å²) < 4.78 is 24.7. The van der Waals surface area contributed by atoms with E-state index in [-0.39, 0.29) is 28.6 Å². The van der Waals surface area contributed by atoms with E-state index in [0.717, 1.165) is 0 Å². The molecule has 0 N–H and O–H groups in total. The van der Waals surface area contributed by atoms with Crippen molar-refractivity contribution in [3.8, 4) is 11.5 Å². The predicted octanol–water partition coefficient (Wildman–Crippen LogP) is 4.66. The Balaban J connectivity index is 1.58. The molecule has 0 fully saturated rings. The minimum Gasteiger partial charge on any atom is -0.452 e. The topological polar surface area (TPSA) is 52.6 Å². The third-order valence-corrected chi connectivity index (χ3v) is 4.05. The van der Waals surface area contributed by atoms with Crippen LogP contribution in [0.4, 0.5) is 4.39 Å². The third kappa shape index (κ3) is 3.35. The van der Waals surface area contributed by atoms with Gasteiger partial charge >= 0.3 is 5.97 Å². The molecule has 4 nitrogen and oxygen atoms in total. The van der Waals surface area contributed by atoms with E-state index in [9.17, 15) is 14.0 Å². The van der Waals surface area contributed by atoms with Crippen LogP contribution in [0.5, 0.6) is 11.5 Å². The van der Waals surface area contributed by atoms with E-state index in [1.807, 2.05) is 0 Å². The van der Waals surface area contributed by atoms with Gasteiger partial charge in [0.05, 0.1) is 11.1 Å². The number of fused-ring (bicyclic) bond motifs is 1. The number of halogens is 1. The second-order valence-corrected chi connectivity index (χ2v) is 5.87. The molecule has 0 unspecified atom stereocenters. The second kappa shape index (κ2) is 6.88. The number of allylic oxidation sites excluding steroid dienone is 1. The van der Waals surface area contributed by atoms with Crippen molar-refractivity contribution in [3.63, 3.8) is 0 Å². The highest BCUT2D eigenvalue weighted by Crippen LogP contribution is 2.35. The maximum absolute atomic E-state index is 13.8.